The molecule has 0 amide bonds. The van der Waals surface area contributed by atoms with Crippen molar-refractivity contribution >= 4 is 11.6 Å². The maximum atomic E-state index is 5.08. The first-order valence-corrected chi connectivity index (χ1v) is 6.55. The lowest BCUT2D eigenvalue weighted by molar-refractivity contribution is 0.190. The van der Waals surface area contributed by atoms with E-state index < -0.39 is 0 Å². The highest BCUT2D eigenvalue weighted by Crippen LogP contribution is 2.20. The van der Waals surface area contributed by atoms with Gasteiger partial charge in [-0.05, 0) is 31.9 Å². The van der Waals surface area contributed by atoms with Gasteiger partial charge in [-0.15, -0.1) is 0 Å². The molecule has 1 aromatic heterocycles. The van der Waals surface area contributed by atoms with Crippen LogP contribution < -0.4 is 5.32 Å². The summed E-state index contributed by atoms with van der Waals surface area (Å²) < 4.78 is 7.19. The first-order chi connectivity index (χ1) is 9.20. The third kappa shape index (κ3) is 3.58. The van der Waals surface area contributed by atoms with Crippen molar-refractivity contribution in [3.8, 4) is 0 Å². The Bertz CT molecular complexity index is 534. The molecule has 1 heterocycles. The normalized spacial score (nSPS) is 10.7. The Labute approximate surface area is 114 Å². The van der Waals surface area contributed by atoms with Gasteiger partial charge in [-0.25, -0.2) is 4.98 Å². The number of aromatic nitrogens is 2. The molecule has 0 aliphatic heterocycles. The number of aryl methyl sites for hydroxylation is 3. The summed E-state index contributed by atoms with van der Waals surface area (Å²) in [4.78, 5) is 4.36. The van der Waals surface area contributed by atoms with Gasteiger partial charge in [0, 0.05) is 38.3 Å². The number of nitrogens with zero attached hydrogens (tertiary/aromatic N) is 2. The van der Waals surface area contributed by atoms with Crippen molar-refractivity contribution in [1.29, 1.82) is 0 Å². The molecular formula is C15H21N3O. The molecule has 4 heteroatoms. The van der Waals surface area contributed by atoms with Crippen molar-refractivity contribution in [3.63, 3.8) is 0 Å². The first kappa shape index (κ1) is 13.6. The van der Waals surface area contributed by atoms with E-state index in [1.54, 1.807) is 7.11 Å². The minimum Gasteiger partial charge on any atom is -0.385 e. The molecule has 19 heavy (non-hydrogen) atoms. The first-order valence-electron chi connectivity index (χ1n) is 6.55. The maximum Gasteiger partial charge on any atom is 0.207 e. The van der Waals surface area contributed by atoms with Gasteiger partial charge in [0.25, 0.3) is 0 Å². The fourth-order valence-electron chi connectivity index (χ4n) is 2.07. The van der Waals surface area contributed by atoms with Crippen LogP contribution in [0.25, 0.3) is 0 Å². The predicted molar refractivity (Wildman–Crippen MR) is 77.9 cm³/mol. The molecule has 1 N–H and O–H groups in total. The molecule has 2 aromatic rings. The summed E-state index contributed by atoms with van der Waals surface area (Å²) >= 11 is 0. The van der Waals surface area contributed by atoms with Crippen LogP contribution in [0.2, 0.25) is 0 Å². The van der Waals surface area contributed by atoms with Crippen LogP contribution in [-0.4, -0.2) is 23.3 Å². The Balaban J connectivity index is 2.08. The number of anilines is 2. The largest absolute Gasteiger partial charge is 0.385 e. The zero-order valence-electron chi connectivity index (χ0n) is 11.8. The van der Waals surface area contributed by atoms with E-state index in [2.05, 4.69) is 46.9 Å². The van der Waals surface area contributed by atoms with E-state index in [1.807, 2.05) is 12.4 Å². The van der Waals surface area contributed by atoms with Crippen molar-refractivity contribution in [1.82, 2.24) is 9.55 Å². The SMILES string of the molecule is COCCCn1ccnc1Nc1ccc(C)cc1C. The number of ether oxygens (including phenoxy) is 1. The second-order valence-corrected chi connectivity index (χ2v) is 4.73. The molecule has 0 unspecified atom stereocenters. The van der Waals surface area contributed by atoms with E-state index in [0.29, 0.717) is 0 Å². The molecule has 0 fully saturated rings. The topological polar surface area (TPSA) is 39.1 Å². The quantitative estimate of drug-likeness (QED) is 0.809. The van der Waals surface area contributed by atoms with Gasteiger partial charge in [0.2, 0.25) is 5.95 Å². The number of imidazole rings is 1. The number of hydrogen-bond donors (Lipinski definition) is 1. The van der Waals surface area contributed by atoms with Gasteiger partial charge in [-0.2, -0.15) is 0 Å². The summed E-state index contributed by atoms with van der Waals surface area (Å²) in [5, 5.41) is 3.39. The Morgan fingerprint density at radius 2 is 2.16 bits per heavy atom. The van der Waals surface area contributed by atoms with Crippen LogP contribution in [0.5, 0.6) is 0 Å². The summed E-state index contributed by atoms with van der Waals surface area (Å²) in [6, 6.07) is 6.37. The molecule has 1 aromatic carbocycles. The van der Waals surface area contributed by atoms with Crippen LogP contribution >= 0.6 is 0 Å². The van der Waals surface area contributed by atoms with Crippen LogP contribution in [0.3, 0.4) is 0 Å². The van der Waals surface area contributed by atoms with Crippen molar-refractivity contribution in [2.45, 2.75) is 26.8 Å². The van der Waals surface area contributed by atoms with E-state index in [-0.39, 0.29) is 0 Å². The van der Waals surface area contributed by atoms with E-state index in [0.717, 1.165) is 31.2 Å². The molecular weight excluding hydrogens is 238 g/mol. The van der Waals surface area contributed by atoms with Gasteiger partial charge in [0.1, 0.15) is 0 Å². The highest BCUT2D eigenvalue weighted by Gasteiger charge is 2.05. The zero-order chi connectivity index (χ0) is 13.7. The molecule has 0 saturated heterocycles. The van der Waals surface area contributed by atoms with Crippen LogP contribution in [0.4, 0.5) is 11.6 Å². The Morgan fingerprint density at radius 1 is 1.32 bits per heavy atom. The molecule has 4 nitrogen and oxygen atoms in total. The fraction of sp³-hybridized carbons (Fsp3) is 0.400. The zero-order valence-corrected chi connectivity index (χ0v) is 11.8. The van der Waals surface area contributed by atoms with E-state index in [9.17, 15) is 0 Å². The molecule has 0 atom stereocenters. The number of hydrogen-bond acceptors (Lipinski definition) is 3. The fourth-order valence-corrected chi connectivity index (χ4v) is 2.07. The van der Waals surface area contributed by atoms with Crippen molar-refractivity contribution in [2.75, 3.05) is 19.0 Å². The number of nitrogens with one attached hydrogen (secondary N) is 1. The smallest absolute Gasteiger partial charge is 0.207 e. The average molecular weight is 259 g/mol. The summed E-state index contributed by atoms with van der Waals surface area (Å²) in [5.41, 5.74) is 3.60. The molecule has 0 aliphatic rings. The molecule has 0 spiro atoms. The second kappa shape index (κ2) is 6.38. The standard InChI is InChI=1S/C15H21N3O/c1-12-5-6-14(13(2)11-12)17-15-16-7-9-18(15)8-4-10-19-3/h5-7,9,11H,4,8,10H2,1-3H3,(H,16,17). The van der Waals surface area contributed by atoms with E-state index in [4.69, 9.17) is 4.74 Å². The van der Waals surface area contributed by atoms with Crippen molar-refractivity contribution in [2.24, 2.45) is 0 Å². The maximum absolute atomic E-state index is 5.08. The average Bonchev–Trinajstić information content (AvgIpc) is 2.81. The molecule has 0 saturated carbocycles. The van der Waals surface area contributed by atoms with Crippen molar-refractivity contribution < 1.29 is 4.74 Å². The molecule has 2 rings (SSSR count). The lowest BCUT2D eigenvalue weighted by atomic mass is 10.1. The van der Waals surface area contributed by atoms with Crippen LogP contribution in [0.1, 0.15) is 17.5 Å². The van der Waals surface area contributed by atoms with Gasteiger partial charge >= 0.3 is 0 Å². The van der Waals surface area contributed by atoms with Crippen LogP contribution in [0.15, 0.2) is 30.6 Å². The molecule has 0 bridgehead atoms. The van der Waals surface area contributed by atoms with Gasteiger partial charge < -0.3 is 14.6 Å². The van der Waals surface area contributed by atoms with Gasteiger partial charge in [-0.1, -0.05) is 17.7 Å². The van der Waals surface area contributed by atoms with Gasteiger partial charge in [-0.3, -0.25) is 0 Å². The third-order valence-corrected chi connectivity index (χ3v) is 3.09. The van der Waals surface area contributed by atoms with Crippen molar-refractivity contribution in [3.05, 3.63) is 41.7 Å². The summed E-state index contributed by atoms with van der Waals surface area (Å²) in [7, 11) is 1.72. The number of benzene rings is 1. The monoisotopic (exact) mass is 259 g/mol. The highest BCUT2D eigenvalue weighted by molar-refractivity contribution is 5.59. The lowest BCUT2D eigenvalue weighted by Crippen LogP contribution is -2.06. The van der Waals surface area contributed by atoms with Crippen LogP contribution in [-0.2, 0) is 11.3 Å². The van der Waals surface area contributed by atoms with Gasteiger partial charge in [0.15, 0.2) is 0 Å². The molecule has 102 valence electrons. The Morgan fingerprint density at radius 3 is 2.89 bits per heavy atom. The highest BCUT2D eigenvalue weighted by atomic mass is 16.5. The third-order valence-electron chi connectivity index (χ3n) is 3.09. The Hall–Kier alpha value is -1.81. The minimum atomic E-state index is 0.765. The number of rotatable bonds is 6. The van der Waals surface area contributed by atoms with Crippen LogP contribution in [0, 0.1) is 13.8 Å². The summed E-state index contributed by atoms with van der Waals surface area (Å²) in [5.74, 6) is 0.878. The number of methoxy groups -OCH3 is 1. The minimum absolute atomic E-state index is 0.765. The summed E-state index contributed by atoms with van der Waals surface area (Å²) in [6.07, 6.45) is 4.79. The molecule has 0 radical (unpaired) electrons. The van der Waals surface area contributed by atoms with E-state index in [1.165, 1.54) is 11.1 Å². The lowest BCUT2D eigenvalue weighted by Gasteiger charge is -2.12. The second-order valence-electron chi connectivity index (χ2n) is 4.73. The van der Waals surface area contributed by atoms with Gasteiger partial charge in [0.05, 0.1) is 0 Å². The predicted octanol–water partition coefficient (Wildman–Crippen LogP) is 3.28. The van der Waals surface area contributed by atoms with E-state index >= 15 is 0 Å². The molecule has 0 aliphatic carbocycles. The summed E-state index contributed by atoms with van der Waals surface area (Å²) in [6.45, 7) is 5.87. The Kier molecular flexibility index (Phi) is 4.58.